The summed E-state index contributed by atoms with van der Waals surface area (Å²) >= 11 is 0. The number of carbonyl (C=O) groups excluding carboxylic acids is 2. The Hall–Kier alpha value is -0.860. The van der Waals surface area contributed by atoms with E-state index in [-0.39, 0.29) is 11.9 Å². The number of carbonyl (C=O) groups is 2. The fourth-order valence-electron chi connectivity index (χ4n) is 1.70. The molecule has 0 saturated carbocycles. The van der Waals surface area contributed by atoms with E-state index >= 15 is 0 Å². The molecule has 0 aliphatic carbocycles. The summed E-state index contributed by atoms with van der Waals surface area (Å²) in [6.45, 7) is 3.94. The second-order valence-electron chi connectivity index (χ2n) is 3.26. The number of esters is 2. The van der Waals surface area contributed by atoms with Crippen LogP contribution in [0.3, 0.4) is 0 Å². The molecule has 1 aliphatic rings. The lowest BCUT2D eigenvalue weighted by Gasteiger charge is -2.35. The fraction of sp³-hybridized carbons (Fsp3) is 0.778. The first-order chi connectivity index (χ1) is 5.67. The van der Waals surface area contributed by atoms with Crippen LogP contribution < -0.4 is 0 Å². The normalized spacial score (nSPS) is 20.2. The van der Waals surface area contributed by atoms with E-state index in [1.54, 1.807) is 0 Å². The quantitative estimate of drug-likeness (QED) is 0.476. The first-order valence-electron chi connectivity index (χ1n) is 4.44. The molecule has 1 fully saturated rings. The van der Waals surface area contributed by atoms with Crippen LogP contribution >= 0.6 is 0 Å². The maximum Gasteiger partial charge on any atom is 0.331 e. The van der Waals surface area contributed by atoms with Gasteiger partial charge in [0.05, 0.1) is 0 Å². The lowest BCUT2D eigenvalue weighted by Crippen LogP contribution is -2.53. The summed E-state index contributed by atoms with van der Waals surface area (Å²) in [6.07, 6.45) is 2.97. The van der Waals surface area contributed by atoms with Gasteiger partial charge in [0, 0.05) is 0 Å². The number of rotatable bonds is 4. The van der Waals surface area contributed by atoms with Gasteiger partial charge in [-0.2, -0.15) is 0 Å². The minimum absolute atomic E-state index is 0.323. The van der Waals surface area contributed by atoms with Crippen LogP contribution in [0.4, 0.5) is 0 Å². The summed E-state index contributed by atoms with van der Waals surface area (Å²) < 4.78 is 4.38. The van der Waals surface area contributed by atoms with Gasteiger partial charge in [0.15, 0.2) is 5.41 Å². The standard InChI is InChI=1S/C9H14O3/c1-3-5-9(6-4-2)7(10)12-8(9)11/h3-6H2,1-2H3. The molecule has 0 aromatic heterocycles. The SMILES string of the molecule is CCCC1(CCC)C(=O)OC1=O. The zero-order valence-corrected chi connectivity index (χ0v) is 7.55. The van der Waals surface area contributed by atoms with E-state index in [0.29, 0.717) is 12.8 Å². The molecule has 3 nitrogen and oxygen atoms in total. The van der Waals surface area contributed by atoms with Crippen molar-refractivity contribution in [2.24, 2.45) is 5.41 Å². The monoisotopic (exact) mass is 170 g/mol. The highest BCUT2D eigenvalue weighted by Crippen LogP contribution is 2.40. The second kappa shape index (κ2) is 3.25. The highest BCUT2D eigenvalue weighted by molar-refractivity contribution is 6.13. The lowest BCUT2D eigenvalue weighted by molar-refractivity contribution is -0.198. The third-order valence-corrected chi connectivity index (χ3v) is 2.32. The molecule has 0 aromatic rings. The topological polar surface area (TPSA) is 43.4 Å². The molecule has 1 saturated heterocycles. The van der Waals surface area contributed by atoms with E-state index in [9.17, 15) is 9.59 Å². The van der Waals surface area contributed by atoms with Gasteiger partial charge >= 0.3 is 11.9 Å². The van der Waals surface area contributed by atoms with Crippen LogP contribution in [-0.2, 0) is 14.3 Å². The van der Waals surface area contributed by atoms with E-state index in [1.165, 1.54) is 0 Å². The fourth-order valence-corrected chi connectivity index (χ4v) is 1.70. The Kier molecular flexibility index (Phi) is 2.50. The molecule has 12 heavy (non-hydrogen) atoms. The molecule has 1 aliphatic heterocycles. The van der Waals surface area contributed by atoms with Gasteiger partial charge in [0.2, 0.25) is 0 Å². The van der Waals surface area contributed by atoms with Crippen LogP contribution in [0.25, 0.3) is 0 Å². The van der Waals surface area contributed by atoms with Crippen molar-refractivity contribution in [3.63, 3.8) is 0 Å². The van der Waals surface area contributed by atoms with Gasteiger partial charge in [-0.3, -0.25) is 9.59 Å². The van der Waals surface area contributed by atoms with Crippen LogP contribution in [-0.4, -0.2) is 11.9 Å². The Labute approximate surface area is 72.1 Å². The van der Waals surface area contributed by atoms with Gasteiger partial charge in [-0.15, -0.1) is 0 Å². The molecule has 0 N–H and O–H groups in total. The summed E-state index contributed by atoms with van der Waals surface area (Å²) in [7, 11) is 0. The smallest absolute Gasteiger partial charge is 0.331 e. The molecule has 3 heteroatoms. The Balaban J connectivity index is 2.71. The molecular weight excluding hydrogens is 156 g/mol. The third kappa shape index (κ3) is 1.13. The highest BCUT2D eigenvalue weighted by Gasteiger charge is 2.56. The van der Waals surface area contributed by atoms with Gasteiger partial charge in [-0.1, -0.05) is 26.7 Å². The van der Waals surface area contributed by atoms with Gasteiger partial charge in [-0.05, 0) is 12.8 Å². The average Bonchev–Trinajstić information content (AvgIpc) is 2.04. The van der Waals surface area contributed by atoms with Crippen LogP contribution in [0.2, 0.25) is 0 Å². The van der Waals surface area contributed by atoms with Gasteiger partial charge in [0.1, 0.15) is 0 Å². The highest BCUT2D eigenvalue weighted by atomic mass is 16.6. The van der Waals surface area contributed by atoms with E-state index in [4.69, 9.17) is 0 Å². The lowest BCUT2D eigenvalue weighted by atomic mass is 9.76. The third-order valence-electron chi connectivity index (χ3n) is 2.32. The molecular formula is C9H14O3. The molecule has 0 unspecified atom stereocenters. The molecule has 0 spiro atoms. The van der Waals surface area contributed by atoms with Gasteiger partial charge < -0.3 is 4.74 Å². The predicted octanol–water partition coefficient (Wildman–Crippen LogP) is 1.66. The minimum atomic E-state index is -0.760. The summed E-state index contributed by atoms with van der Waals surface area (Å²) in [5, 5.41) is 0. The van der Waals surface area contributed by atoms with Crippen molar-refractivity contribution >= 4 is 11.9 Å². The maximum absolute atomic E-state index is 11.1. The zero-order chi connectivity index (χ0) is 9.19. The summed E-state index contributed by atoms with van der Waals surface area (Å²) in [4.78, 5) is 22.2. The summed E-state index contributed by atoms with van der Waals surface area (Å²) in [5.74, 6) is -0.646. The molecule has 1 rings (SSSR count). The minimum Gasteiger partial charge on any atom is -0.391 e. The summed E-state index contributed by atoms with van der Waals surface area (Å²) in [6, 6.07) is 0. The van der Waals surface area contributed by atoms with Crippen molar-refractivity contribution in [3.05, 3.63) is 0 Å². The molecule has 68 valence electrons. The first kappa shape index (κ1) is 9.23. The van der Waals surface area contributed by atoms with E-state index in [0.717, 1.165) is 12.8 Å². The Bertz CT molecular complexity index is 186. The Morgan fingerprint density at radius 2 is 1.50 bits per heavy atom. The number of hydrogen-bond acceptors (Lipinski definition) is 3. The predicted molar refractivity (Wildman–Crippen MR) is 43.3 cm³/mol. The van der Waals surface area contributed by atoms with E-state index < -0.39 is 5.41 Å². The van der Waals surface area contributed by atoms with Crippen LogP contribution in [0.5, 0.6) is 0 Å². The van der Waals surface area contributed by atoms with Crippen molar-refractivity contribution in [1.29, 1.82) is 0 Å². The van der Waals surface area contributed by atoms with Crippen molar-refractivity contribution < 1.29 is 14.3 Å². The number of ether oxygens (including phenoxy) is 1. The van der Waals surface area contributed by atoms with Crippen LogP contribution in [0.15, 0.2) is 0 Å². The molecule has 0 radical (unpaired) electrons. The van der Waals surface area contributed by atoms with Gasteiger partial charge in [0.25, 0.3) is 0 Å². The number of hydrogen-bond donors (Lipinski definition) is 0. The van der Waals surface area contributed by atoms with Crippen molar-refractivity contribution in [2.75, 3.05) is 0 Å². The average molecular weight is 170 g/mol. The van der Waals surface area contributed by atoms with Crippen molar-refractivity contribution in [1.82, 2.24) is 0 Å². The second-order valence-corrected chi connectivity index (χ2v) is 3.26. The van der Waals surface area contributed by atoms with E-state index in [2.05, 4.69) is 4.74 Å². The zero-order valence-electron chi connectivity index (χ0n) is 7.55. The van der Waals surface area contributed by atoms with Crippen molar-refractivity contribution in [3.8, 4) is 0 Å². The Morgan fingerprint density at radius 3 is 1.75 bits per heavy atom. The van der Waals surface area contributed by atoms with Crippen LogP contribution in [0, 0.1) is 5.41 Å². The molecule has 1 heterocycles. The molecule has 0 aromatic carbocycles. The van der Waals surface area contributed by atoms with Crippen molar-refractivity contribution in [2.45, 2.75) is 39.5 Å². The van der Waals surface area contributed by atoms with Crippen LogP contribution in [0.1, 0.15) is 39.5 Å². The first-order valence-corrected chi connectivity index (χ1v) is 4.44. The molecule has 0 bridgehead atoms. The molecule has 0 atom stereocenters. The van der Waals surface area contributed by atoms with Gasteiger partial charge in [-0.25, -0.2) is 0 Å². The van der Waals surface area contributed by atoms with E-state index in [1.807, 2.05) is 13.8 Å². The largest absolute Gasteiger partial charge is 0.391 e. The number of cyclic esters (lactones) is 2. The maximum atomic E-state index is 11.1. The molecule has 0 amide bonds. The Morgan fingerprint density at radius 1 is 1.08 bits per heavy atom. The summed E-state index contributed by atoms with van der Waals surface area (Å²) in [5.41, 5.74) is -0.760.